The van der Waals surface area contributed by atoms with Crippen molar-refractivity contribution in [2.45, 2.75) is 56.7 Å². The summed E-state index contributed by atoms with van der Waals surface area (Å²) in [5.74, 6) is -1.78. The number of phenolic OH excluding ortho intramolecular Hbond substituents is 1. The molecule has 160 valence electrons. The predicted molar refractivity (Wildman–Crippen MR) is 107 cm³/mol. The lowest BCUT2D eigenvalue weighted by atomic mass is 10.0. The second-order valence-electron chi connectivity index (χ2n) is 7.35. The molecule has 29 heavy (non-hydrogen) atoms. The number of aliphatic carboxylic acids is 1. The van der Waals surface area contributed by atoms with E-state index >= 15 is 0 Å². The lowest BCUT2D eigenvalue weighted by Gasteiger charge is -2.28. The molecule has 0 radical (unpaired) electrons. The Kier molecular flexibility index (Phi) is 8.41. The first-order valence-electron chi connectivity index (χ1n) is 9.90. The van der Waals surface area contributed by atoms with Crippen molar-refractivity contribution in [3.63, 3.8) is 0 Å². The Morgan fingerprint density at radius 2 is 1.90 bits per heavy atom. The van der Waals surface area contributed by atoms with Gasteiger partial charge in [0.25, 0.3) is 0 Å². The molecule has 9 heteroatoms. The molecule has 0 bridgehead atoms. The number of nitrogens with zero attached hydrogens (tertiary/aromatic N) is 1. The third-order valence-corrected chi connectivity index (χ3v) is 5.11. The van der Waals surface area contributed by atoms with Crippen LogP contribution >= 0.6 is 0 Å². The number of nitrogens with two attached hydrogens (primary N) is 2. The summed E-state index contributed by atoms with van der Waals surface area (Å²) >= 11 is 0. The number of amides is 2. The number of carboxylic acid groups (broad SMARTS) is 1. The quantitative estimate of drug-likeness (QED) is 0.341. The van der Waals surface area contributed by atoms with Crippen molar-refractivity contribution in [2.24, 2.45) is 11.5 Å². The number of likely N-dealkylation sites (tertiary alicyclic amines) is 1. The SMILES string of the molecule is NCCCCC(NC(=O)C1CCCN1C(=O)C(N)Cc1ccc(O)cc1)C(=O)O. The van der Waals surface area contributed by atoms with E-state index in [0.29, 0.717) is 45.2 Å². The fourth-order valence-electron chi connectivity index (χ4n) is 3.51. The lowest BCUT2D eigenvalue weighted by molar-refractivity contribution is -0.144. The zero-order valence-electron chi connectivity index (χ0n) is 16.4. The van der Waals surface area contributed by atoms with Gasteiger partial charge in [-0.3, -0.25) is 9.59 Å². The van der Waals surface area contributed by atoms with E-state index in [1.807, 2.05) is 0 Å². The van der Waals surface area contributed by atoms with Gasteiger partial charge in [0.15, 0.2) is 0 Å². The maximum absolute atomic E-state index is 12.8. The lowest BCUT2D eigenvalue weighted by Crippen LogP contribution is -2.54. The molecule has 7 N–H and O–H groups in total. The Balaban J connectivity index is 1.97. The summed E-state index contributed by atoms with van der Waals surface area (Å²) in [5, 5.41) is 21.3. The summed E-state index contributed by atoms with van der Waals surface area (Å²) in [4.78, 5) is 38.3. The largest absolute Gasteiger partial charge is 0.508 e. The van der Waals surface area contributed by atoms with Gasteiger partial charge in [-0.05, 0) is 62.8 Å². The van der Waals surface area contributed by atoms with E-state index in [-0.39, 0.29) is 18.1 Å². The molecule has 3 atom stereocenters. The smallest absolute Gasteiger partial charge is 0.326 e. The average Bonchev–Trinajstić information content (AvgIpc) is 3.18. The fraction of sp³-hybridized carbons (Fsp3) is 0.550. The molecule has 0 saturated carbocycles. The van der Waals surface area contributed by atoms with Gasteiger partial charge in [-0.25, -0.2) is 4.79 Å². The summed E-state index contributed by atoms with van der Waals surface area (Å²) in [6.45, 7) is 0.870. The molecular weight excluding hydrogens is 376 g/mol. The molecule has 3 unspecified atom stereocenters. The number of carbonyl (C=O) groups excluding carboxylic acids is 2. The van der Waals surface area contributed by atoms with Gasteiger partial charge in [-0.1, -0.05) is 12.1 Å². The number of phenols is 1. The average molecular weight is 406 g/mol. The van der Waals surface area contributed by atoms with E-state index < -0.39 is 30.0 Å². The van der Waals surface area contributed by atoms with Crippen molar-refractivity contribution in [2.75, 3.05) is 13.1 Å². The van der Waals surface area contributed by atoms with Crippen molar-refractivity contribution in [3.8, 4) is 5.75 Å². The molecule has 2 amide bonds. The molecule has 1 aliphatic rings. The van der Waals surface area contributed by atoms with Crippen LogP contribution in [-0.2, 0) is 20.8 Å². The van der Waals surface area contributed by atoms with Crippen LogP contribution in [-0.4, -0.2) is 64.1 Å². The number of benzene rings is 1. The van der Waals surface area contributed by atoms with Gasteiger partial charge >= 0.3 is 5.97 Å². The summed E-state index contributed by atoms with van der Waals surface area (Å²) in [7, 11) is 0. The third-order valence-electron chi connectivity index (χ3n) is 5.11. The summed E-state index contributed by atoms with van der Waals surface area (Å²) < 4.78 is 0. The molecule has 0 aliphatic carbocycles. The van der Waals surface area contributed by atoms with E-state index in [2.05, 4.69) is 5.32 Å². The number of carboxylic acids is 1. The number of carbonyl (C=O) groups is 3. The van der Waals surface area contributed by atoms with E-state index in [0.717, 1.165) is 5.56 Å². The van der Waals surface area contributed by atoms with Crippen LogP contribution < -0.4 is 16.8 Å². The minimum absolute atomic E-state index is 0.129. The van der Waals surface area contributed by atoms with Crippen molar-refractivity contribution >= 4 is 17.8 Å². The Labute approximate surface area is 170 Å². The van der Waals surface area contributed by atoms with Gasteiger partial charge in [0, 0.05) is 6.54 Å². The van der Waals surface area contributed by atoms with Crippen LogP contribution in [0.25, 0.3) is 0 Å². The summed E-state index contributed by atoms with van der Waals surface area (Å²) in [5.41, 5.74) is 12.3. The van der Waals surface area contributed by atoms with Gasteiger partial charge in [0.2, 0.25) is 11.8 Å². The number of unbranched alkanes of at least 4 members (excludes halogenated alkanes) is 1. The van der Waals surface area contributed by atoms with E-state index in [4.69, 9.17) is 11.5 Å². The van der Waals surface area contributed by atoms with E-state index in [1.54, 1.807) is 12.1 Å². The summed E-state index contributed by atoms with van der Waals surface area (Å²) in [6.07, 6.45) is 2.97. The molecule has 1 heterocycles. The zero-order chi connectivity index (χ0) is 21.4. The van der Waals surface area contributed by atoms with E-state index in [1.165, 1.54) is 17.0 Å². The van der Waals surface area contributed by atoms with Crippen LogP contribution in [0.2, 0.25) is 0 Å². The van der Waals surface area contributed by atoms with Crippen molar-refractivity contribution < 1.29 is 24.6 Å². The van der Waals surface area contributed by atoms with Crippen LogP contribution in [0.1, 0.15) is 37.7 Å². The van der Waals surface area contributed by atoms with E-state index in [9.17, 15) is 24.6 Å². The highest BCUT2D eigenvalue weighted by Crippen LogP contribution is 2.20. The van der Waals surface area contributed by atoms with Crippen LogP contribution in [0.4, 0.5) is 0 Å². The molecule has 1 aromatic rings. The molecule has 1 aromatic carbocycles. The first-order valence-corrected chi connectivity index (χ1v) is 9.90. The second-order valence-corrected chi connectivity index (χ2v) is 7.35. The van der Waals surface area contributed by atoms with Crippen molar-refractivity contribution in [3.05, 3.63) is 29.8 Å². The minimum atomic E-state index is -1.10. The molecular formula is C20H30N4O5. The third kappa shape index (κ3) is 6.43. The van der Waals surface area contributed by atoms with Crippen LogP contribution in [0.5, 0.6) is 5.75 Å². The number of nitrogens with one attached hydrogen (secondary N) is 1. The molecule has 2 rings (SSSR count). The Hall–Kier alpha value is -2.65. The number of hydrogen-bond acceptors (Lipinski definition) is 6. The van der Waals surface area contributed by atoms with Crippen LogP contribution in [0.15, 0.2) is 24.3 Å². The highest BCUT2D eigenvalue weighted by atomic mass is 16.4. The number of aromatic hydroxyl groups is 1. The minimum Gasteiger partial charge on any atom is -0.508 e. The van der Waals surface area contributed by atoms with Crippen molar-refractivity contribution in [1.82, 2.24) is 10.2 Å². The normalized spacial score (nSPS) is 18.3. The molecule has 0 spiro atoms. The Morgan fingerprint density at radius 3 is 2.52 bits per heavy atom. The first-order chi connectivity index (χ1) is 13.8. The first kappa shape index (κ1) is 22.6. The Bertz CT molecular complexity index is 709. The molecule has 0 aromatic heterocycles. The molecule has 1 saturated heterocycles. The molecule has 9 nitrogen and oxygen atoms in total. The van der Waals surface area contributed by atoms with Gasteiger partial charge in [-0.15, -0.1) is 0 Å². The van der Waals surface area contributed by atoms with Crippen LogP contribution in [0.3, 0.4) is 0 Å². The van der Waals surface area contributed by atoms with Gasteiger partial charge < -0.3 is 31.9 Å². The molecule has 1 aliphatic heterocycles. The maximum atomic E-state index is 12.8. The standard InChI is InChI=1S/C20H30N4O5/c21-10-2-1-4-16(20(28)29)23-18(26)17-5-3-11-24(17)19(27)15(22)12-13-6-8-14(25)9-7-13/h6-9,15-17,25H,1-5,10-12,21-22H2,(H,23,26)(H,28,29). The topological polar surface area (TPSA) is 159 Å². The second kappa shape index (κ2) is 10.8. The maximum Gasteiger partial charge on any atom is 0.326 e. The predicted octanol–water partition coefficient (Wildman–Crippen LogP) is -0.0486. The monoisotopic (exact) mass is 406 g/mol. The highest BCUT2D eigenvalue weighted by molar-refractivity contribution is 5.92. The zero-order valence-corrected chi connectivity index (χ0v) is 16.4. The van der Waals surface area contributed by atoms with Crippen molar-refractivity contribution in [1.29, 1.82) is 0 Å². The summed E-state index contributed by atoms with van der Waals surface area (Å²) in [6, 6.07) is 3.88. The highest BCUT2D eigenvalue weighted by Gasteiger charge is 2.37. The molecule has 1 fully saturated rings. The number of hydrogen-bond donors (Lipinski definition) is 5. The Morgan fingerprint density at radius 1 is 1.21 bits per heavy atom. The van der Waals surface area contributed by atoms with Crippen LogP contribution in [0, 0.1) is 0 Å². The number of rotatable bonds is 10. The van der Waals surface area contributed by atoms with Gasteiger partial charge in [0.05, 0.1) is 6.04 Å². The van der Waals surface area contributed by atoms with Gasteiger partial charge in [0.1, 0.15) is 17.8 Å². The fourth-order valence-corrected chi connectivity index (χ4v) is 3.51. The van der Waals surface area contributed by atoms with Gasteiger partial charge in [-0.2, -0.15) is 0 Å².